The Labute approximate surface area is 182 Å². The standard InChI is InChI=1S/C22H26N2O6S/c1-15-17(22(26)30-3)8-7-9-19(15)23-31(27,28)16-10-11-20(29-2)18(14-16)21(25)24-12-5-4-6-13-24/h7-11,14,23H,4-6,12-13H2,1-3H3. The summed E-state index contributed by atoms with van der Waals surface area (Å²) >= 11 is 0. The van der Waals surface area contributed by atoms with Gasteiger partial charge in [0.15, 0.2) is 0 Å². The molecule has 0 spiro atoms. The van der Waals surface area contributed by atoms with Crippen molar-refractivity contribution >= 4 is 27.6 Å². The zero-order valence-electron chi connectivity index (χ0n) is 17.8. The first-order valence-corrected chi connectivity index (χ1v) is 11.4. The van der Waals surface area contributed by atoms with E-state index in [0.29, 0.717) is 24.4 Å². The van der Waals surface area contributed by atoms with Crippen molar-refractivity contribution in [3.63, 3.8) is 0 Å². The molecule has 0 atom stereocenters. The molecule has 166 valence electrons. The molecule has 1 aliphatic heterocycles. The highest BCUT2D eigenvalue weighted by Gasteiger charge is 2.25. The highest BCUT2D eigenvalue weighted by molar-refractivity contribution is 7.92. The number of esters is 1. The Bertz CT molecular complexity index is 1090. The van der Waals surface area contributed by atoms with Crippen LogP contribution in [0.3, 0.4) is 0 Å². The van der Waals surface area contributed by atoms with Crippen LogP contribution >= 0.6 is 0 Å². The Morgan fingerprint density at radius 1 is 1.00 bits per heavy atom. The number of sulfonamides is 1. The van der Waals surface area contributed by atoms with Crippen molar-refractivity contribution in [2.24, 2.45) is 0 Å². The first-order valence-electron chi connectivity index (χ1n) is 9.96. The summed E-state index contributed by atoms with van der Waals surface area (Å²) in [4.78, 5) is 26.6. The third kappa shape index (κ3) is 4.82. The summed E-state index contributed by atoms with van der Waals surface area (Å²) in [6.45, 7) is 2.90. The molecular weight excluding hydrogens is 420 g/mol. The van der Waals surface area contributed by atoms with Gasteiger partial charge in [-0.3, -0.25) is 9.52 Å². The van der Waals surface area contributed by atoms with Crippen molar-refractivity contribution in [3.05, 3.63) is 53.1 Å². The van der Waals surface area contributed by atoms with Crippen molar-refractivity contribution in [3.8, 4) is 5.75 Å². The van der Waals surface area contributed by atoms with Gasteiger partial charge >= 0.3 is 5.97 Å². The van der Waals surface area contributed by atoms with Gasteiger partial charge in [0.2, 0.25) is 0 Å². The maximum absolute atomic E-state index is 13.1. The number of methoxy groups -OCH3 is 2. The monoisotopic (exact) mass is 446 g/mol. The van der Waals surface area contributed by atoms with E-state index in [4.69, 9.17) is 9.47 Å². The van der Waals surface area contributed by atoms with Crippen LogP contribution in [-0.4, -0.2) is 52.5 Å². The summed E-state index contributed by atoms with van der Waals surface area (Å²) in [7, 11) is -1.32. The summed E-state index contributed by atoms with van der Waals surface area (Å²) in [5, 5.41) is 0. The predicted octanol–water partition coefficient (Wildman–Crippen LogP) is 3.22. The van der Waals surface area contributed by atoms with Crippen LogP contribution in [0.15, 0.2) is 41.3 Å². The number of anilines is 1. The van der Waals surface area contributed by atoms with Crippen LogP contribution in [0.4, 0.5) is 5.69 Å². The van der Waals surface area contributed by atoms with E-state index < -0.39 is 16.0 Å². The van der Waals surface area contributed by atoms with E-state index >= 15 is 0 Å². The number of carbonyl (C=O) groups excluding carboxylic acids is 2. The van der Waals surface area contributed by atoms with Gasteiger partial charge in [-0.25, -0.2) is 13.2 Å². The molecule has 1 saturated heterocycles. The van der Waals surface area contributed by atoms with E-state index in [1.165, 1.54) is 32.4 Å². The van der Waals surface area contributed by atoms with Crippen molar-refractivity contribution in [1.29, 1.82) is 0 Å². The smallest absolute Gasteiger partial charge is 0.338 e. The summed E-state index contributed by atoms with van der Waals surface area (Å²) in [5.41, 5.74) is 1.16. The fraction of sp³-hybridized carbons (Fsp3) is 0.364. The first-order chi connectivity index (χ1) is 14.8. The number of nitrogens with one attached hydrogen (secondary N) is 1. The van der Waals surface area contributed by atoms with Crippen molar-refractivity contribution < 1.29 is 27.5 Å². The van der Waals surface area contributed by atoms with Crippen LogP contribution in [-0.2, 0) is 14.8 Å². The van der Waals surface area contributed by atoms with E-state index in [2.05, 4.69) is 4.72 Å². The molecule has 8 nitrogen and oxygen atoms in total. The highest BCUT2D eigenvalue weighted by atomic mass is 32.2. The Morgan fingerprint density at radius 2 is 1.71 bits per heavy atom. The van der Waals surface area contributed by atoms with Gasteiger partial charge in [-0.1, -0.05) is 6.07 Å². The summed E-state index contributed by atoms with van der Waals surface area (Å²) < 4.78 is 38.7. The molecule has 0 aromatic heterocycles. The lowest BCUT2D eigenvalue weighted by atomic mass is 10.1. The minimum absolute atomic E-state index is 0.0727. The Morgan fingerprint density at radius 3 is 2.35 bits per heavy atom. The second-order valence-electron chi connectivity index (χ2n) is 7.29. The first kappa shape index (κ1) is 22.6. The SMILES string of the molecule is COC(=O)c1cccc(NS(=O)(=O)c2ccc(OC)c(C(=O)N3CCCCC3)c2)c1C. The second kappa shape index (κ2) is 9.38. The number of hydrogen-bond donors (Lipinski definition) is 1. The lowest BCUT2D eigenvalue weighted by molar-refractivity contribution is 0.0599. The number of piperidine rings is 1. The van der Waals surface area contributed by atoms with Crippen LogP contribution in [0.1, 0.15) is 45.5 Å². The van der Waals surface area contributed by atoms with Gasteiger partial charge in [-0.15, -0.1) is 0 Å². The Kier molecular flexibility index (Phi) is 6.84. The number of carbonyl (C=O) groups is 2. The number of nitrogens with zero attached hydrogens (tertiary/aromatic N) is 1. The zero-order valence-corrected chi connectivity index (χ0v) is 18.6. The molecule has 0 unspecified atom stereocenters. The van der Waals surface area contributed by atoms with Crippen LogP contribution in [0, 0.1) is 6.92 Å². The van der Waals surface area contributed by atoms with Gasteiger partial charge in [0, 0.05) is 13.1 Å². The molecule has 2 aromatic carbocycles. The third-order valence-corrected chi connectivity index (χ3v) is 6.70. The van der Waals surface area contributed by atoms with Gasteiger partial charge in [-0.2, -0.15) is 0 Å². The number of benzene rings is 2. The van der Waals surface area contributed by atoms with Crippen molar-refractivity contribution in [2.75, 3.05) is 32.0 Å². The van der Waals surface area contributed by atoms with Crippen molar-refractivity contribution in [2.45, 2.75) is 31.1 Å². The number of hydrogen-bond acceptors (Lipinski definition) is 6. The second-order valence-corrected chi connectivity index (χ2v) is 8.97. The summed E-state index contributed by atoms with van der Waals surface area (Å²) in [6, 6.07) is 8.87. The fourth-order valence-electron chi connectivity index (χ4n) is 3.57. The molecule has 1 heterocycles. The summed E-state index contributed by atoms with van der Waals surface area (Å²) in [5.74, 6) is -0.492. The minimum atomic E-state index is -4.03. The fourth-order valence-corrected chi connectivity index (χ4v) is 4.72. The molecule has 1 N–H and O–H groups in total. The normalized spacial score (nSPS) is 14.1. The molecule has 0 radical (unpaired) electrons. The minimum Gasteiger partial charge on any atom is -0.496 e. The van der Waals surface area contributed by atoms with E-state index in [9.17, 15) is 18.0 Å². The van der Waals surface area contributed by atoms with Crippen LogP contribution in [0.25, 0.3) is 0 Å². The number of rotatable bonds is 6. The van der Waals surface area contributed by atoms with Gasteiger partial charge < -0.3 is 14.4 Å². The lowest BCUT2D eigenvalue weighted by Crippen LogP contribution is -2.35. The van der Waals surface area contributed by atoms with Crippen LogP contribution < -0.4 is 9.46 Å². The van der Waals surface area contributed by atoms with E-state index in [0.717, 1.165) is 19.3 Å². The van der Waals surface area contributed by atoms with Gasteiger partial charge in [-0.05, 0) is 62.1 Å². The molecule has 2 aromatic rings. The van der Waals surface area contributed by atoms with E-state index in [1.807, 2.05) is 0 Å². The van der Waals surface area contributed by atoms with E-state index in [1.54, 1.807) is 30.0 Å². The molecule has 0 bridgehead atoms. The van der Waals surface area contributed by atoms with Gasteiger partial charge in [0.25, 0.3) is 15.9 Å². The Hall–Kier alpha value is -3.07. The topological polar surface area (TPSA) is 102 Å². The maximum Gasteiger partial charge on any atom is 0.338 e. The van der Waals surface area contributed by atoms with E-state index in [-0.39, 0.29) is 27.6 Å². The summed E-state index contributed by atoms with van der Waals surface area (Å²) in [6.07, 6.45) is 2.91. The van der Waals surface area contributed by atoms with Crippen molar-refractivity contribution in [1.82, 2.24) is 4.90 Å². The molecule has 3 rings (SSSR count). The molecule has 9 heteroatoms. The third-order valence-electron chi connectivity index (χ3n) is 5.34. The average Bonchev–Trinajstić information content (AvgIpc) is 2.79. The van der Waals surface area contributed by atoms with Crippen LogP contribution in [0.5, 0.6) is 5.75 Å². The average molecular weight is 447 g/mol. The molecule has 31 heavy (non-hydrogen) atoms. The zero-order chi connectivity index (χ0) is 22.6. The van der Waals surface area contributed by atoms with Gasteiger partial charge in [0.05, 0.1) is 35.9 Å². The number of amides is 1. The largest absolute Gasteiger partial charge is 0.496 e. The lowest BCUT2D eigenvalue weighted by Gasteiger charge is -2.27. The highest BCUT2D eigenvalue weighted by Crippen LogP contribution is 2.28. The number of ether oxygens (including phenoxy) is 2. The molecule has 1 aliphatic rings. The molecular formula is C22H26N2O6S. The molecule has 0 aliphatic carbocycles. The van der Waals surface area contributed by atoms with Crippen LogP contribution in [0.2, 0.25) is 0 Å². The maximum atomic E-state index is 13.1. The van der Waals surface area contributed by atoms with Gasteiger partial charge in [0.1, 0.15) is 5.75 Å². The molecule has 1 fully saturated rings. The Balaban J connectivity index is 1.95. The molecule has 0 saturated carbocycles. The molecule has 1 amide bonds. The quantitative estimate of drug-likeness (QED) is 0.684. The number of likely N-dealkylation sites (tertiary alicyclic amines) is 1. The predicted molar refractivity (Wildman–Crippen MR) is 116 cm³/mol.